The first-order chi connectivity index (χ1) is 26.9. The molecule has 1 spiro atoms. The Labute approximate surface area is 321 Å². The maximum Gasteiger partial charge on any atom is 0.410 e. The summed E-state index contributed by atoms with van der Waals surface area (Å²) in [6.07, 6.45) is 8.21. The van der Waals surface area contributed by atoms with Crippen molar-refractivity contribution >= 4 is 58.6 Å². The summed E-state index contributed by atoms with van der Waals surface area (Å²) in [5.74, 6) is -1.96. The average molecular weight is 767 g/mol. The fourth-order valence-corrected chi connectivity index (χ4v) is 9.03. The van der Waals surface area contributed by atoms with Crippen LogP contribution in [0.5, 0.6) is 0 Å². The van der Waals surface area contributed by atoms with Crippen LogP contribution in [0.4, 0.5) is 27.8 Å². The van der Waals surface area contributed by atoms with Gasteiger partial charge in [0.1, 0.15) is 11.9 Å². The number of carbonyl (C=O) groups is 6. The van der Waals surface area contributed by atoms with E-state index in [0.717, 1.165) is 49.4 Å². The lowest BCUT2D eigenvalue weighted by Gasteiger charge is -2.51. The molecule has 5 saturated heterocycles. The second-order valence-corrected chi connectivity index (χ2v) is 15.5. The van der Waals surface area contributed by atoms with Crippen molar-refractivity contribution < 1.29 is 33.5 Å². The van der Waals surface area contributed by atoms with Gasteiger partial charge in [-0.1, -0.05) is 0 Å². The fraction of sp³-hybridized carbons (Fsp3) is 0.486. The van der Waals surface area contributed by atoms with E-state index < -0.39 is 41.2 Å². The van der Waals surface area contributed by atoms with Crippen molar-refractivity contribution in [2.24, 2.45) is 12.8 Å². The third-order valence-corrected chi connectivity index (χ3v) is 11.9. The monoisotopic (exact) mass is 766 g/mol. The fourth-order valence-electron chi connectivity index (χ4n) is 9.03. The number of piperidine rings is 3. The Bertz CT molecular complexity index is 2160. The zero-order chi connectivity index (χ0) is 38.9. The van der Waals surface area contributed by atoms with Gasteiger partial charge in [0.25, 0.3) is 17.7 Å². The van der Waals surface area contributed by atoms with Gasteiger partial charge >= 0.3 is 6.09 Å². The van der Waals surface area contributed by atoms with Crippen molar-refractivity contribution in [3.8, 4) is 0 Å². The van der Waals surface area contributed by atoms with Crippen LogP contribution < -0.4 is 26.2 Å². The smallest absolute Gasteiger partial charge is 0.410 e. The van der Waals surface area contributed by atoms with E-state index in [4.69, 9.17) is 15.5 Å². The number of fused-ring (bicyclic) bond motifs is 1. The first kappa shape index (κ1) is 35.6. The molecule has 1 aromatic carbocycles. The van der Waals surface area contributed by atoms with Gasteiger partial charge in [0, 0.05) is 70.7 Å². The molecule has 19 heteroatoms. The van der Waals surface area contributed by atoms with Crippen LogP contribution in [0, 0.1) is 0 Å². The molecular weight excluding hydrogens is 724 g/mol. The summed E-state index contributed by atoms with van der Waals surface area (Å²) in [7, 11) is 1.78. The highest BCUT2D eigenvalue weighted by atomic mass is 16.6. The van der Waals surface area contributed by atoms with E-state index >= 15 is 0 Å². The largest absolute Gasteiger partial charge is 0.438 e. The Balaban J connectivity index is 0.792. The third-order valence-electron chi connectivity index (χ3n) is 11.9. The molecule has 0 aliphatic carbocycles. The highest BCUT2D eigenvalue weighted by Gasteiger charge is 2.56. The molecule has 5 fully saturated rings. The number of nitrogens with zero attached hydrogens (tertiary/aromatic N) is 9. The summed E-state index contributed by atoms with van der Waals surface area (Å²) in [6, 6.07) is 4.47. The van der Waals surface area contributed by atoms with Crippen LogP contribution in [0.2, 0.25) is 0 Å². The van der Waals surface area contributed by atoms with Crippen molar-refractivity contribution in [1.82, 2.24) is 39.8 Å². The van der Waals surface area contributed by atoms with E-state index in [1.165, 1.54) is 6.20 Å². The number of ether oxygens (including phenoxy) is 1. The van der Waals surface area contributed by atoms with Gasteiger partial charge in [0.05, 0.1) is 41.8 Å². The molecule has 6 aliphatic rings. The molecule has 2 atom stereocenters. The average Bonchev–Trinajstić information content (AvgIpc) is 3.83. The summed E-state index contributed by atoms with van der Waals surface area (Å²) in [5, 5.41) is 9.48. The number of likely N-dealkylation sites (tertiary alicyclic amines) is 1. The molecule has 8 heterocycles. The SMILES string of the molecule is Cn1cc(Nc2nc(N3CCC[C@@H](N4CC5(CN(C6CCN(c7ccc8c(c7)C(=O)N([C@H]7CCC(=O)NC7=O)C8=O)CC6)C5)OC4=O)C3)cnc2C(N)=O)cn1. The number of hydrogen-bond donors (Lipinski definition) is 3. The minimum atomic E-state index is -0.999. The molecule has 0 radical (unpaired) electrons. The van der Waals surface area contributed by atoms with E-state index in [-0.39, 0.29) is 47.6 Å². The molecule has 0 saturated carbocycles. The van der Waals surface area contributed by atoms with Crippen LogP contribution in [0.15, 0.2) is 36.8 Å². The lowest BCUT2D eigenvalue weighted by atomic mass is 9.88. The van der Waals surface area contributed by atoms with Gasteiger partial charge < -0.3 is 25.6 Å². The number of benzene rings is 1. The summed E-state index contributed by atoms with van der Waals surface area (Å²) >= 11 is 0. The van der Waals surface area contributed by atoms with Gasteiger partial charge in [0.15, 0.2) is 17.1 Å². The number of aryl methyl sites for hydroxylation is 1. The predicted octanol–water partition coefficient (Wildman–Crippen LogP) is 0.598. The number of imide groups is 2. The first-order valence-electron chi connectivity index (χ1n) is 19.0. The van der Waals surface area contributed by atoms with Crippen LogP contribution in [0.25, 0.3) is 0 Å². The third kappa shape index (κ3) is 6.24. The van der Waals surface area contributed by atoms with Crippen molar-refractivity contribution in [2.75, 3.05) is 60.9 Å². The Morgan fingerprint density at radius 1 is 0.946 bits per heavy atom. The highest BCUT2D eigenvalue weighted by Crippen LogP contribution is 2.39. The van der Waals surface area contributed by atoms with Gasteiger partial charge in [-0.05, 0) is 50.3 Å². The Morgan fingerprint density at radius 3 is 2.46 bits per heavy atom. The van der Waals surface area contributed by atoms with Crippen LogP contribution in [0.1, 0.15) is 69.7 Å². The van der Waals surface area contributed by atoms with Crippen molar-refractivity contribution in [3.63, 3.8) is 0 Å². The van der Waals surface area contributed by atoms with Crippen LogP contribution in [-0.4, -0.2) is 140 Å². The first-order valence-corrected chi connectivity index (χ1v) is 19.0. The second-order valence-electron chi connectivity index (χ2n) is 15.5. The molecule has 4 N–H and O–H groups in total. The lowest BCUT2D eigenvalue weighted by Crippen LogP contribution is -2.67. The number of aromatic nitrogens is 4. The van der Waals surface area contributed by atoms with E-state index in [2.05, 4.69) is 35.4 Å². The molecule has 6 amide bonds. The standard InChI is InChI=1S/C37H42N12O7/c1-44-16-21(14-40-44)41-32-30(31(38)51)39-15-28(42-32)46-10-2-3-24(17-46)48-20-37(56-36(48)55)18-47(19-37)22-8-11-45(12-9-22)23-4-5-25-26(13-23)35(54)49(34(25)53)27-6-7-29(50)43-33(27)52/h4-5,13-16,22,24,27H,2-3,6-12,17-20H2,1H3,(H2,38,51)(H,41,42)(H,43,50,52)/t24-,27+/m1/s1. The van der Waals surface area contributed by atoms with Gasteiger partial charge in [-0.25, -0.2) is 14.8 Å². The number of carbonyl (C=O) groups excluding carboxylic acids is 6. The topological polar surface area (TPSA) is 222 Å². The molecule has 2 aromatic heterocycles. The van der Waals surface area contributed by atoms with Gasteiger partial charge in [-0.2, -0.15) is 5.10 Å². The van der Waals surface area contributed by atoms with Gasteiger partial charge in [-0.15, -0.1) is 0 Å². The van der Waals surface area contributed by atoms with E-state index in [9.17, 15) is 28.8 Å². The summed E-state index contributed by atoms with van der Waals surface area (Å²) in [5.41, 5.74) is 7.07. The Hall–Kier alpha value is -6.11. The summed E-state index contributed by atoms with van der Waals surface area (Å²) in [4.78, 5) is 94.6. The normalized spacial score (nSPS) is 24.1. The van der Waals surface area contributed by atoms with E-state index in [1.54, 1.807) is 36.3 Å². The number of amides is 6. The van der Waals surface area contributed by atoms with Crippen molar-refractivity contribution in [3.05, 3.63) is 53.6 Å². The number of rotatable bonds is 8. The van der Waals surface area contributed by atoms with Crippen LogP contribution in [0.3, 0.4) is 0 Å². The predicted molar refractivity (Wildman–Crippen MR) is 198 cm³/mol. The maximum absolute atomic E-state index is 13.4. The zero-order valence-corrected chi connectivity index (χ0v) is 30.8. The summed E-state index contributed by atoms with van der Waals surface area (Å²) in [6.45, 7) is 4.59. The van der Waals surface area contributed by atoms with E-state index in [0.29, 0.717) is 50.3 Å². The Kier molecular flexibility index (Phi) is 8.62. The molecule has 292 valence electrons. The number of nitrogens with one attached hydrogen (secondary N) is 2. The quantitative estimate of drug-likeness (QED) is 0.268. The van der Waals surface area contributed by atoms with Gasteiger partial charge in [0.2, 0.25) is 11.8 Å². The summed E-state index contributed by atoms with van der Waals surface area (Å²) < 4.78 is 7.70. The molecule has 56 heavy (non-hydrogen) atoms. The van der Waals surface area contributed by atoms with Gasteiger partial charge in [-0.3, -0.25) is 48.7 Å². The minimum absolute atomic E-state index is 0.0222. The highest BCUT2D eigenvalue weighted by molar-refractivity contribution is 6.23. The number of primary amides is 1. The molecule has 6 aliphatic heterocycles. The number of hydrogen-bond acceptors (Lipinski definition) is 14. The molecule has 3 aromatic rings. The molecule has 9 rings (SSSR count). The van der Waals surface area contributed by atoms with E-state index in [1.807, 2.05) is 11.0 Å². The zero-order valence-electron chi connectivity index (χ0n) is 30.8. The van der Waals surface area contributed by atoms with Crippen LogP contribution in [-0.2, 0) is 21.4 Å². The minimum Gasteiger partial charge on any atom is -0.438 e. The number of anilines is 4. The molecule has 19 nitrogen and oxygen atoms in total. The molecular formula is C37H42N12O7. The Morgan fingerprint density at radius 2 is 1.73 bits per heavy atom. The molecule has 0 bridgehead atoms. The van der Waals surface area contributed by atoms with Crippen molar-refractivity contribution in [2.45, 2.75) is 62.3 Å². The van der Waals surface area contributed by atoms with Crippen LogP contribution >= 0.6 is 0 Å². The number of nitrogens with two attached hydrogens (primary N) is 1. The molecule has 0 unspecified atom stereocenters. The van der Waals surface area contributed by atoms with Crippen molar-refractivity contribution in [1.29, 1.82) is 0 Å². The second kappa shape index (κ2) is 13.6. The lowest BCUT2D eigenvalue weighted by molar-refractivity contribution is -0.136. The maximum atomic E-state index is 13.4.